The zero-order valence-corrected chi connectivity index (χ0v) is 11.1. The molecule has 0 saturated carbocycles. The Balaban J connectivity index is 1.82. The van der Waals surface area contributed by atoms with Gasteiger partial charge in [-0.1, -0.05) is 24.3 Å². The van der Waals surface area contributed by atoms with Crippen LogP contribution in [0.5, 0.6) is 5.75 Å². The average molecular weight is 304 g/mol. The molecule has 1 radical (unpaired) electrons. The molecule has 0 N–H and O–H groups in total. The molecule has 0 bridgehead atoms. The van der Waals surface area contributed by atoms with Crippen LogP contribution >= 0.6 is 0 Å². The molecular weight excluding hydrogens is 295 g/mol. The van der Waals surface area contributed by atoms with E-state index < -0.39 is 6.36 Å². The summed E-state index contributed by atoms with van der Waals surface area (Å²) in [4.78, 5) is 4.17. The zero-order valence-electron chi connectivity index (χ0n) is 11.1. The number of alkyl halides is 3. The van der Waals surface area contributed by atoms with Gasteiger partial charge in [0.2, 0.25) is 0 Å². The van der Waals surface area contributed by atoms with E-state index in [4.69, 9.17) is 0 Å². The number of nitrogens with zero attached hydrogens (tertiary/aromatic N) is 3. The third-order valence-electron chi connectivity index (χ3n) is 2.80. The van der Waals surface area contributed by atoms with E-state index in [1.54, 1.807) is 12.1 Å². The van der Waals surface area contributed by atoms with Gasteiger partial charge in [-0.2, -0.15) is 0 Å². The van der Waals surface area contributed by atoms with Crippen LogP contribution in [-0.4, -0.2) is 21.1 Å². The largest absolute Gasteiger partial charge is 0.573 e. The molecule has 1 heterocycles. The number of rotatable bonds is 3. The molecule has 22 heavy (non-hydrogen) atoms. The lowest BCUT2D eigenvalue weighted by Crippen LogP contribution is -2.17. The average Bonchev–Trinajstić information content (AvgIpc) is 2.97. The van der Waals surface area contributed by atoms with Gasteiger partial charge in [-0.25, -0.2) is 9.67 Å². The fraction of sp³-hybridized carbons (Fsp3) is 0.0667. The number of ether oxygens (including phenoxy) is 1. The number of aromatic nitrogens is 3. The highest BCUT2D eigenvalue weighted by atomic mass is 19.4. The van der Waals surface area contributed by atoms with E-state index in [2.05, 4.69) is 20.9 Å². The summed E-state index contributed by atoms with van der Waals surface area (Å²) in [6, 6.07) is 15.4. The highest BCUT2D eigenvalue weighted by Crippen LogP contribution is 2.23. The van der Waals surface area contributed by atoms with Crippen LogP contribution in [0.4, 0.5) is 13.2 Å². The van der Waals surface area contributed by atoms with Crippen LogP contribution in [0, 0.1) is 6.07 Å². The number of hydrogen-bond donors (Lipinski definition) is 0. The first-order valence-corrected chi connectivity index (χ1v) is 6.26. The second-order valence-electron chi connectivity index (χ2n) is 4.34. The first-order chi connectivity index (χ1) is 10.5. The van der Waals surface area contributed by atoms with Gasteiger partial charge in [-0.15, -0.1) is 18.3 Å². The monoisotopic (exact) mass is 304 g/mol. The van der Waals surface area contributed by atoms with Crippen LogP contribution in [-0.2, 0) is 0 Å². The van der Waals surface area contributed by atoms with E-state index in [1.165, 1.54) is 35.3 Å². The van der Waals surface area contributed by atoms with Crippen LogP contribution in [0.2, 0.25) is 0 Å². The zero-order chi connectivity index (χ0) is 15.6. The molecule has 0 aliphatic carbocycles. The molecular formula is C15H9F3N3O. The van der Waals surface area contributed by atoms with Crippen molar-refractivity contribution >= 4 is 0 Å². The molecule has 0 unspecified atom stereocenters. The Morgan fingerprint density at radius 1 is 1.00 bits per heavy atom. The molecule has 0 aliphatic heterocycles. The van der Waals surface area contributed by atoms with Crippen molar-refractivity contribution in [3.63, 3.8) is 0 Å². The smallest absolute Gasteiger partial charge is 0.406 e. The molecule has 0 fully saturated rings. The van der Waals surface area contributed by atoms with Crippen LogP contribution in [0.3, 0.4) is 0 Å². The molecule has 1 aromatic heterocycles. The molecule has 0 atom stereocenters. The van der Waals surface area contributed by atoms with Crippen molar-refractivity contribution in [3.8, 4) is 22.8 Å². The van der Waals surface area contributed by atoms with Crippen LogP contribution in [0.1, 0.15) is 0 Å². The van der Waals surface area contributed by atoms with Crippen molar-refractivity contribution in [2.24, 2.45) is 0 Å². The molecule has 7 heteroatoms. The third-order valence-corrected chi connectivity index (χ3v) is 2.80. The van der Waals surface area contributed by atoms with Crippen molar-refractivity contribution < 1.29 is 17.9 Å². The summed E-state index contributed by atoms with van der Waals surface area (Å²) in [6.07, 6.45) is -3.21. The molecule has 4 nitrogen and oxygen atoms in total. The Kier molecular flexibility index (Phi) is 3.54. The molecule has 2 aromatic carbocycles. The standard InChI is InChI=1S/C15H9F3N3O/c16-15(17,18)22-13-8-6-12(7-9-13)21-10-19-14(20-21)11-4-2-1-3-5-11/h2-10H. The molecule has 111 valence electrons. The summed E-state index contributed by atoms with van der Waals surface area (Å²) in [5.74, 6) is 0.236. The lowest BCUT2D eigenvalue weighted by atomic mass is 10.2. The minimum Gasteiger partial charge on any atom is -0.406 e. The Morgan fingerprint density at radius 3 is 2.32 bits per heavy atom. The molecule has 0 spiro atoms. The lowest BCUT2D eigenvalue weighted by Gasteiger charge is -2.09. The highest BCUT2D eigenvalue weighted by molar-refractivity contribution is 5.54. The number of benzene rings is 2. The SMILES string of the molecule is FC(F)(F)Oc1ccc(-n2cnc(-c3cc[c]cc3)n2)cc1. The quantitative estimate of drug-likeness (QED) is 0.742. The second kappa shape index (κ2) is 5.51. The van der Waals surface area contributed by atoms with E-state index in [0.29, 0.717) is 11.5 Å². The van der Waals surface area contributed by atoms with Gasteiger partial charge in [0.1, 0.15) is 12.1 Å². The van der Waals surface area contributed by atoms with Gasteiger partial charge in [0, 0.05) is 5.56 Å². The summed E-state index contributed by atoms with van der Waals surface area (Å²) >= 11 is 0. The predicted molar refractivity (Wildman–Crippen MR) is 72.3 cm³/mol. The molecule has 3 rings (SSSR count). The normalized spacial score (nSPS) is 11.4. The van der Waals surface area contributed by atoms with E-state index in [0.717, 1.165) is 5.56 Å². The lowest BCUT2D eigenvalue weighted by molar-refractivity contribution is -0.274. The maximum atomic E-state index is 12.1. The topological polar surface area (TPSA) is 39.9 Å². The van der Waals surface area contributed by atoms with Crippen LogP contribution < -0.4 is 4.74 Å². The molecule has 0 aliphatic rings. The molecule has 3 aromatic rings. The minimum atomic E-state index is -4.70. The van der Waals surface area contributed by atoms with Crippen molar-refractivity contribution in [2.75, 3.05) is 0 Å². The Morgan fingerprint density at radius 2 is 1.68 bits per heavy atom. The van der Waals surface area contributed by atoms with Crippen LogP contribution in [0.15, 0.2) is 54.9 Å². The Hall–Kier alpha value is -2.83. The molecule has 0 amide bonds. The van der Waals surface area contributed by atoms with Crippen LogP contribution in [0.25, 0.3) is 17.1 Å². The molecule has 0 saturated heterocycles. The third kappa shape index (κ3) is 3.25. The van der Waals surface area contributed by atoms with Gasteiger partial charge in [0.15, 0.2) is 5.82 Å². The summed E-state index contributed by atoms with van der Waals surface area (Å²) < 4.78 is 41.6. The van der Waals surface area contributed by atoms with Gasteiger partial charge < -0.3 is 4.74 Å². The summed E-state index contributed by atoms with van der Waals surface area (Å²) in [5.41, 5.74) is 1.41. The van der Waals surface area contributed by atoms with Gasteiger partial charge >= 0.3 is 6.36 Å². The van der Waals surface area contributed by atoms with E-state index in [9.17, 15) is 13.2 Å². The van der Waals surface area contributed by atoms with E-state index in [-0.39, 0.29) is 5.75 Å². The Bertz CT molecular complexity index is 752. The summed E-state index contributed by atoms with van der Waals surface area (Å²) in [5, 5.41) is 4.28. The number of hydrogen-bond acceptors (Lipinski definition) is 3. The first kappa shape index (κ1) is 14.1. The number of halogens is 3. The van der Waals surface area contributed by atoms with Crippen molar-refractivity contribution in [2.45, 2.75) is 6.36 Å². The summed E-state index contributed by atoms with van der Waals surface area (Å²) in [7, 11) is 0. The van der Waals surface area contributed by atoms with Crippen molar-refractivity contribution in [1.82, 2.24) is 14.8 Å². The minimum absolute atomic E-state index is 0.282. The van der Waals surface area contributed by atoms with E-state index in [1.807, 2.05) is 12.1 Å². The fourth-order valence-electron chi connectivity index (χ4n) is 1.86. The van der Waals surface area contributed by atoms with Gasteiger partial charge in [-0.05, 0) is 30.3 Å². The maximum Gasteiger partial charge on any atom is 0.573 e. The van der Waals surface area contributed by atoms with Gasteiger partial charge in [-0.3, -0.25) is 0 Å². The van der Waals surface area contributed by atoms with Gasteiger partial charge in [0.05, 0.1) is 5.69 Å². The van der Waals surface area contributed by atoms with Crippen molar-refractivity contribution in [3.05, 3.63) is 60.9 Å². The maximum absolute atomic E-state index is 12.1. The van der Waals surface area contributed by atoms with Crippen molar-refractivity contribution in [1.29, 1.82) is 0 Å². The predicted octanol–water partition coefficient (Wildman–Crippen LogP) is 3.63. The summed E-state index contributed by atoms with van der Waals surface area (Å²) in [6.45, 7) is 0. The first-order valence-electron chi connectivity index (χ1n) is 6.26. The van der Waals surface area contributed by atoms with E-state index >= 15 is 0 Å². The van der Waals surface area contributed by atoms with Gasteiger partial charge in [0.25, 0.3) is 0 Å². The fourth-order valence-corrected chi connectivity index (χ4v) is 1.86. The second-order valence-corrected chi connectivity index (χ2v) is 4.34. The highest BCUT2D eigenvalue weighted by Gasteiger charge is 2.30. The Labute approximate surface area is 123 Å².